The lowest BCUT2D eigenvalue weighted by atomic mass is 9.98. The number of nitrogens with two attached hydrogens (primary N) is 1. The van der Waals surface area contributed by atoms with Crippen molar-refractivity contribution in [2.45, 2.75) is 38.1 Å². The quantitative estimate of drug-likeness (QED) is 0.884. The highest BCUT2D eigenvalue weighted by Gasteiger charge is 2.17. The molecule has 2 N–H and O–H groups in total. The molecule has 0 spiro atoms. The van der Waals surface area contributed by atoms with Gasteiger partial charge in [-0.2, -0.15) is 0 Å². The van der Waals surface area contributed by atoms with Gasteiger partial charge in [0, 0.05) is 20.8 Å². The van der Waals surface area contributed by atoms with Crippen molar-refractivity contribution in [2.75, 3.05) is 0 Å². The Morgan fingerprint density at radius 2 is 1.89 bits per heavy atom. The maximum atomic E-state index is 6.35. The Morgan fingerprint density at radius 1 is 1.16 bits per heavy atom. The van der Waals surface area contributed by atoms with Gasteiger partial charge in [-0.15, -0.1) is 11.3 Å². The van der Waals surface area contributed by atoms with Crippen LogP contribution in [-0.2, 0) is 19.3 Å². The minimum absolute atomic E-state index is 0.108. The monoisotopic (exact) mass is 291 g/mol. The van der Waals surface area contributed by atoms with E-state index in [0.29, 0.717) is 0 Å². The van der Waals surface area contributed by atoms with Crippen LogP contribution in [0.15, 0.2) is 30.3 Å². The SMILES string of the molecule is NC(Cc1ccc(Cl)cc1)c1cc2c(s1)CCCC2. The van der Waals surface area contributed by atoms with E-state index in [1.807, 2.05) is 23.5 Å². The summed E-state index contributed by atoms with van der Waals surface area (Å²) in [5.74, 6) is 0. The van der Waals surface area contributed by atoms with E-state index in [1.165, 1.54) is 41.7 Å². The smallest absolute Gasteiger partial charge is 0.0430 e. The Bertz CT molecular complexity index is 535. The molecule has 0 radical (unpaired) electrons. The van der Waals surface area contributed by atoms with Gasteiger partial charge in [0.2, 0.25) is 0 Å². The molecule has 3 rings (SSSR count). The lowest BCUT2D eigenvalue weighted by Crippen LogP contribution is -2.11. The summed E-state index contributed by atoms with van der Waals surface area (Å²) in [4.78, 5) is 2.90. The third-order valence-electron chi connectivity index (χ3n) is 3.75. The molecule has 1 aliphatic rings. The lowest BCUT2D eigenvalue weighted by molar-refractivity contribution is 0.695. The summed E-state index contributed by atoms with van der Waals surface area (Å²) < 4.78 is 0. The van der Waals surface area contributed by atoms with Crippen LogP contribution in [0.1, 0.15) is 39.8 Å². The van der Waals surface area contributed by atoms with Crippen LogP contribution in [0.25, 0.3) is 0 Å². The molecule has 1 aliphatic carbocycles. The first-order valence-corrected chi connectivity index (χ1v) is 8.03. The summed E-state index contributed by atoms with van der Waals surface area (Å²) in [6.07, 6.45) is 6.03. The summed E-state index contributed by atoms with van der Waals surface area (Å²) in [5.41, 5.74) is 9.15. The molecule has 1 heterocycles. The maximum Gasteiger partial charge on any atom is 0.0430 e. The summed E-state index contributed by atoms with van der Waals surface area (Å²) in [5, 5.41) is 0.781. The van der Waals surface area contributed by atoms with Crippen molar-refractivity contribution in [2.24, 2.45) is 5.73 Å². The number of halogens is 1. The first-order valence-electron chi connectivity index (χ1n) is 6.84. The highest BCUT2D eigenvalue weighted by Crippen LogP contribution is 2.33. The van der Waals surface area contributed by atoms with Gasteiger partial charge in [0.05, 0.1) is 0 Å². The number of hydrogen-bond acceptors (Lipinski definition) is 2. The van der Waals surface area contributed by atoms with E-state index in [1.54, 1.807) is 4.88 Å². The second-order valence-corrected chi connectivity index (χ2v) is 6.85. The molecule has 2 aromatic rings. The highest BCUT2D eigenvalue weighted by molar-refractivity contribution is 7.12. The summed E-state index contributed by atoms with van der Waals surface area (Å²) in [6.45, 7) is 0. The zero-order valence-electron chi connectivity index (χ0n) is 10.9. The minimum Gasteiger partial charge on any atom is -0.323 e. The van der Waals surface area contributed by atoms with Crippen molar-refractivity contribution in [1.82, 2.24) is 0 Å². The zero-order chi connectivity index (χ0) is 13.2. The topological polar surface area (TPSA) is 26.0 Å². The van der Waals surface area contributed by atoms with E-state index < -0.39 is 0 Å². The van der Waals surface area contributed by atoms with Crippen LogP contribution >= 0.6 is 22.9 Å². The number of aryl methyl sites for hydroxylation is 2. The molecule has 1 atom stereocenters. The van der Waals surface area contributed by atoms with E-state index in [9.17, 15) is 0 Å². The van der Waals surface area contributed by atoms with Gasteiger partial charge in [0.25, 0.3) is 0 Å². The molecule has 0 saturated heterocycles. The average Bonchev–Trinajstić information content (AvgIpc) is 2.85. The first kappa shape index (κ1) is 13.2. The summed E-state index contributed by atoms with van der Waals surface area (Å²) in [7, 11) is 0. The molecule has 0 amide bonds. The van der Waals surface area contributed by atoms with Crippen molar-refractivity contribution in [3.8, 4) is 0 Å². The maximum absolute atomic E-state index is 6.35. The Balaban J connectivity index is 1.74. The fraction of sp³-hybridized carbons (Fsp3) is 0.375. The van der Waals surface area contributed by atoms with Gasteiger partial charge >= 0.3 is 0 Å². The van der Waals surface area contributed by atoms with Crippen LogP contribution < -0.4 is 5.73 Å². The van der Waals surface area contributed by atoms with Crippen LogP contribution in [0.2, 0.25) is 5.02 Å². The van der Waals surface area contributed by atoms with Crippen LogP contribution in [0, 0.1) is 0 Å². The second-order valence-electron chi connectivity index (χ2n) is 5.24. The van der Waals surface area contributed by atoms with E-state index in [2.05, 4.69) is 18.2 Å². The van der Waals surface area contributed by atoms with Crippen LogP contribution in [-0.4, -0.2) is 0 Å². The standard InChI is InChI=1S/C16H18ClNS/c17-13-7-5-11(6-8-13)9-14(18)16-10-12-3-1-2-4-15(12)19-16/h5-8,10,14H,1-4,9,18H2. The largest absolute Gasteiger partial charge is 0.323 e. The predicted octanol–water partition coefficient (Wildman–Crippen LogP) is 4.52. The highest BCUT2D eigenvalue weighted by atomic mass is 35.5. The normalized spacial score (nSPS) is 16.1. The van der Waals surface area contributed by atoms with Gasteiger partial charge in [-0.05, 0) is 61.4 Å². The third-order valence-corrected chi connectivity index (χ3v) is 5.37. The Labute approximate surface area is 123 Å². The van der Waals surface area contributed by atoms with Gasteiger partial charge < -0.3 is 5.73 Å². The second kappa shape index (κ2) is 5.66. The van der Waals surface area contributed by atoms with E-state index in [-0.39, 0.29) is 6.04 Å². The molecular weight excluding hydrogens is 274 g/mol. The molecule has 100 valence electrons. The Hall–Kier alpha value is -0.830. The number of fused-ring (bicyclic) bond motifs is 1. The number of rotatable bonds is 3. The van der Waals surface area contributed by atoms with Gasteiger partial charge in [0.15, 0.2) is 0 Å². The lowest BCUT2D eigenvalue weighted by Gasteiger charge is -2.09. The first-order chi connectivity index (χ1) is 9.22. The number of hydrogen-bond donors (Lipinski definition) is 1. The van der Waals surface area contributed by atoms with Crippen LogP contribution in [0.3, 0.4) is 0 Å². The zero-order valence-corrected chi connectivity index (χ0v) is 12.4. The number of benzene rings is 1. The van der Waals surface area contributed by atoms with Crippen LogP contribution in [0.4, 0.5) is 0 Å². The van der Waals surface area contributed by atoms with Gasteiger partial charge in [0.1, 0.15) is 0 Å². The fourth-order valence-electron chi connectivity index (χ4n) is 2.67. The summed E-state index contributed by atoms with van der Waals surface area (Å²) in [6, 6.07) is 10.4. The Kier molecular flexibility index (Phi) is 3.92. The van der Waals surface area contributed by atoms with Gasteiger partial charge in [-0.25, -0.2) is 0 Å². The molecule has 0 fully saturated rings. The van der Waals surface area contributed by atoms with Gasteiger partial charge in [-0.1, -0.05) is 23.7 Å². The molecule has 3 heteroatoms. The van der Waals surface area contributed by atoms with Crippen LogP contribution in [0.5, 0.6) is 0 Å². The molecule has 1 aromatic heterocycles. The Morgan fingerprint density at radius 3 is 2.63 bits per heavy atom. The van der Waals surface area contributed by atoms with E-state index in [4.69, 9.17) is 17.3 Å². The predicted molar refractivity (Wildman–Crippen MR) is 83.0 cm³/mol. The minimum atomic E-state index is 0.108. The van der Waals surface area contributed by atoms with Gasteiger partial charge in [-0.3, -0.25) is 0 Å². The fourth-order valence-corrected chi connectivity index (χ4v) is 4.06. The van der Waals surface area contributed by atoms with E-state index in [0.717, 1.165) is 11.4 Å². The van der Waals surface area contributed by atoms with Crippen molar-refractivity contribution in [3.05, 3.63) is 56.2 Å². The molecule has 1 nitrogen and oxygen atoms in total. The molecule has 0 aliphatic heterocycles. The van der Waals surface area contributed by atoms with E-state index >= 15 is 0 Å². The van der Waals surface area contributed by atoms with Crippen molar-refractivity contribution < 1.29 is 0 Å². The number of thiophene rings is 1. The molecule has 0 saturated carbocycles. The molecule has 0 bridgehead atoms. The van der Waals surface area contributed by atoms with Crippen molar-refractivity contribution >= 4 is 22.9 Å². The van der Waals surface area contributed by atoms with Crippen molar-refractivity contribution in [1.29, 1.82) is 0 Å². The summed E-state index contributed by atoms with van der Waals surface area (Å²) >= 11 is 7.82. The average molecular weight is 292 g/mol. The molecule has 19 heavy (non-hydrogen) atoms. The molecule has 1 aromatic carbocycles. The molecular formula is C16H18ClNS. The van der Waals surface area contributed by atoms with Crippen molar-refractivity contribution in [3.63, 3.8) is 0 Å². The third kappa shape index (κ3) is 3.02. The molecule has 1 unspecified atom stereocenters.